The van der Waals surface area contributed by atoms with Gasteiger partial charge in [0.25, 0.3) is 5.91 Å². The minimum atomic E-state index is -4.42. The van der Waals surface area contributed by atoms with Crippen molar-refractivity contribution in [1.29, 1.82) is 0 Å². The summed E-state index contributed by atoms with van der Waals surface area (Å²) in [5, 5.41) is 0. The van der Waals surface area contributed by atoms with Crippen LogP contribution >= 0.6 is 0 Å². The van der Waals surface area contributed by atoms with Crippen LogP contribution in [0.1, 0.15) is 29.8 Å². The number of nitrogens with zero attached hydrogens (tertiary/aromatic N) is 2. The van der Waals surface area contributed by atoms with Crippen molar-refractivity contribution in [1.82, 2.24) is 9.80 Å². The zero-order chi connectivity index (χ0) is 15.6. The Hall–Kier alpha value is -1.56. The Labute approximate surface area is 122 Å². The summed E-state index contributed by atoms with van der Waals surface area (Å²) in [7, 11) is 0. The number of amides is 1. The maximum atomic E-state index is 12.7. The molecule has 0 N–H and O–H groups in total. The fourth-order valence-corrected chi connectivity index (χ4v) is 2.45. The van der Waals surface area contributed by atoms with E-state index in [0.29, 0.717) is 19.1 Å². The summed E-state index contributed by atoms with van der Waals surface area (Å²) in [6, 6.07) is 5.04. The predicted octanol–water partition coefficient (Wildman–Crippen LogP) is 2.87. The molecule has 0 atom stereocenters. The first-order valence-corrected chi connectivity index (χ1v) is 6.99. The molecule has 0 spiro atoms. The first-order valence-electron chi connectivity index (χ1n) is 6.99. The van der Waals surface area contributed by atoms with Gasteiger partial charge in [0.15, 0.2) is 0 Å². The molecule has 1 aromatic carbocycles. The summed E-state index contributed by atoms with van der Waals surface area (Å²) in [6.45, 7) is 6.78. The third kappa shape index (κ3) is 3.75. The average molecular weight is 300 g/mol. The van der Waals surface area contributed by atoms with Crippen LogP contribution in [0.15, 0.2) is 24.3 Å². The highest BCUT2D eigenvalue weighted by molar-refractivity contribution is 5.94. The van der Waals surface area contributed by atoms with E-state index < -0.39 is 11.7 Å². The fraction of sp³-hybridized carbons (Fsp3) is 0.533. The quantitative estimate of drug-likeness (QED) is 0.838. The Kier molecular flexibility index (Phi) is 4.56. The van der Waals surface area contributed by atoms with E-state index in [1.165, 1.54) is 12.1 Å². The van der Waals surface area contributed by atoms with E-state index in [0.717, 1.165) is 25.2 Å². The van der Waals surface area contributed by atoms with Gasteiger partial charge in [0.2, 0.25) is 0 Å². The first kappa shape index (κ1) is 15.8. The van der Waals surface area contributed by atoms with Crippen LogP contribution in [0, 0.1) is 0 Å². The maximum Gasteiger partial charge on any atom is 0.416 e. The van der Waals surface area contributed by atoms with E-state index in [9.17, 15) is 18.0 Å². The van der Waals surface area contributed by atoms with Crippen LogP contribution in [0.4, 0.5) is 13.2 Å². The summed E-state index contributed by atoms with van der Waals surface area (Å²) in [5.74, 6) is -0.329. The predicted molar refractivity (Wildman–Crippen MR) is 74.1 cm³/mol. The van der Waals surface area contributed by atoms with Gasteiger partial charge in [-0.15, -0.1) is 0 Å². The van der Waals surface area contributed by atoms with Crippen molar-refractivity contribution < 1.29 is 18.0 Å². The Bertz CT molecular complexity index is 506. The molecule has 0 bridgehead atoms. The molecule has 0 aliphatic carbocycles. The second kappa shape index (κ2) is 6.05. The molecule has 3 nitrogen and oxygen atoms in total. The number of piperazine rings is 1. The molecule has 1 amide bonds. The lowest BCUT2D eigenvalue weighted by atomic mass is 10.1. The number of halogens is 3. The van der Waals surface area contributed by atoms with Gasteiger partial charge in [-0.1, -0.05) is 6.07 Å². The van der Waals surface area contributed by atoms with Gasteiger partial charge >= 0.3 is 6.18 Å². The minimum absolute atomic E-state index is 0.0998. The first-order chi connectivity index (χ1) is 9.79. The van der Waals surface area contributed by atoms with Crippen molar-refractivity contribution in [3.8, 4) is 0 Å². The van der Waals surface area contributed by atoms with Crippen LogP contribution < -0.4 is 0 Å². The number of benzene rings is 1. The highest BCUT2D eigenvalue weighted by Crippen LogP contribution is 2.29. The van der Waals surface area contributed by atoms with Crippen LogP contribution in [0.2, 0.25) is 0 Å². The van der Waals surface area contributed by atoms with E-state index in [-0.39, 0.29) is 11.5 Å². The van der Waals surface area contributed by atoms with E-state index in [4.69, 9.17) is 0 Å². The van der Waals surface area contributed by atoms with Gasteiger partial charge in [0.05, 0.1) is 5.56 Å². The minimum Gasteiger partial charge on any atom is -0.336 e. The Morgan fingerprint density at radius 3 is 2.29 bits per heavy atom. The van der Waals surface area contributed by atoms with Crippen molar-refractivity contribution in [2.75, 3.05) is 26.2 Å². The third-order valence-electron chi connectivity index (χ3n) is 3.77. The summed E-state index contributed by atoms with van der Waals surface area (Å²) in [6.07, 6.45) is -4.42. The van der Waals surface area contributed by atoms with Crippen LogP contribution in [0.3, 0.4) is 0 Å². The SMILES string of the molecule is CC(C)N1CCN(C(=O)c2cccc(C(F)(F)F)c2)CC1. The monoisotopic (exact) mass is 300 g/mol. The molecule has 0 saturated carbocycles. The molecule has 1 aliphatic heterocycles. The van der Waals surface area contributed by atoms with Crippen LogP contribution in [0.5, 0.6) is 0 Å². The van der Waals surface area contributed by atoms with E-state index in [1.807, 2.05) is 0 Å². The van der Waals surface area contributed by atoms with Crippen LogP contribution in [0.25, 0.3) is 0 Å². The molecule has 1 fully saturated rings. The van der Waals surface area contributed by atoms with Crippen molar-refractivity contribution in [2.45, 2.75) is 26.1 Å². The highest BCUT2D eigenvalue weighted by atomic mass is 19.4. The molecule has 21 heavy (non-hydrogen) atoms. The Balaban J connectivity index is 2.08. The van der Waals surface area contributed by atoms with Gasteiger partial charge in [0.1, 0.15) is 0 Å². The molecular formula is C15H19F3N2O. The molecule has 1 saturated heterocycles. The van der Waals surface area contributed by atoms with Crippen molar-refractivity contribution in [3.05, 3.63) is 35.4 Å². The summed E-state index contributed by atoms with van der Waals surface area (Å²) >= 11 is 0. The average Bonchev–Trinajstić information content (AvgIpc) is 2.46. The molecular weight excluding hydrogens is 281 g/mol. The van der Waals surface area contributed by atoms with E-state index >= 15 is 0 Å². The molecule has 1 heterocycles. The number of alkyl halides is 3. The van der Waals surface area contributed by atoms with Gasteiger partial charge in [-0.05, 0) is 32.0 Å². The lowest BCUT2D eigenvalue weighted by Crippen LogP contribution is -2.50. The van der Waals surface area contributed by atoms with Crippen molar-refractivity contribution >= 4 is 5.91 Å². The highest BCUT2D eigenvalue weighted by Gasteiger charge is 2.31. The largest absolute Gasteiger partial charge is 0.416 e. The van der Waals surface area contributed by atoms with Crippen molar-refractivity contribution in [3.63, 3.8) is 0 Å². The van der Waals surface area contributed by atoms with Crippen molar-refractivity contribution in [2.24, 2.45) is 0 Å². The third-order valence-corrected chi connectivity index (χ3v) is 3.77. The van der Waals surface area contributed by atoms with Crippen LogP contribution in [-0.4, -0.2) is 47.9 Å². The van der Waals surface area contributed by atoms with Gasteiger partial charge < -0.3 is 4.90 Å². The normalized spacial score (nSPS) is 17.3. The molecule has 0 radical (unpaired) electrons. The standard InChI is InChI=1S/C15H19F3N2O/c1-11(2)19-6-8-20(9-7-19)14(21)12-4-3-5-13(10-12)15(16,17)18/h3-5,10-11H,6-9H2,1-2H3. The zero-order valence-electron chi connectivity index (χ0n) is 12.2. The van der Waals surface area contributed by atoms with E-state index in [2.05, 4.69) is 18.7 Å². The number of hydrogen-bond acceptors (Lipinski definition) is 2. The fourth-order valence-electron chi connectivity index (χ4n) is 2.45. The van der Waals surface area contributed by atoms with Crippen LogP contribution in [-0.2, 0) is 6.18 Å². The molecule has 1 aliphatic rings. The molecule has 116 valence electrons. The zero-order valence-corrected chi connectivity index (χ0v) is 12.2. The van der Waals surface area contributed by atoms with Gasteiger partial charge in [-0.3, -0.25) is 9.69 Å². The lowest BCUT2D eigenvalue weighted by Gasteiger charge is -2.37. The lowest BCUT2D eigenvalue weighted by molar-refractivity contribution is -0.137. The Morgan fingerprint density at radius 1 is 1.14 bits per heavy atom. The topological polar surface area (TPSA) is 23.6 Å². The number of rotatable bonds is 2. The van der Waals surface area contributed by atoms with E-state index in [1.54, 1.807) is 4.90 Å². The van der Waals surface area contributed by atoms with Gasteiger partial charge in [-0.25, -0.2) is 0 Å². The smallest absolute Gasteiger partial charge is 0.336 e. The number of carbonyl (C=O) groups is 1. The van der Waals surface area contributed by atoms with Gasteiger partial charge in [-0.2, -0.15) is 13.2 Å². The number of hydrogen-bond donors (Lipinski definition) is 0. The summed E-state index contributed by atoms with van der Waals surface area (Å²) in [5.41, 5.74) is -0.683. The number of carbonyl (C=O) groups excluding carboxylic acids is 1. The molecule has 0 unspecified atom stereocenters. The van der Waals surface area contributed by atoms with Gasteiger partial charge in [0, 0.05) is 37.8 Å². The summed E-state index contributed by atoms with van der Waals surface area (Å²) in [4.78, 5) is 16.2. The second-order valence-electron chi connectivity index (χ2n) is 5.50. The molecule has 1 aromatic rings. The molecule has 0 aromatic heterocycles. The molecule has 6 heteroatoms. The Morgan fingerprint density at radius 2 is 1.76 bits per heavy atom. The maximum absolute atomic E-state index is 12.7. The molecule has 2 rings (SSSR count). The summed E-state index contributed by atoms with van der Waals surface area (Å²) < 4.78 is 38.0. The second-order valence-corrected chi connectivity index (χ2v) is 5.50.